The number of amides is 1. The van der Waals surface area contributed by atoms with Crippen LogP contribution in [0.15, 0.2) is 34.2 Å². The van der Waals surface area contributed by atoms with E-state index in [-0.39, 0.29) is 22.4 Å². The number of carbonyl (C=O) groups is 1. The Morgan fingerprint density at radius 1 is 1.30 bits per heavy atom. The van der Waals surface area contributed by atoms with Crippen LogP contribution in [0.4, 0.5) is 0 Å². The van der Waals surface area contributed by atoms with Crippen LogP contribution in [0, 0.1) is 6.92 Å². The van der Waals surface area contributed by atoms with Crippen molar-refractivity contribution in [3.63, 3.8) is 0 Å². The number of hydrogen-bond acceptors (Lipinski definition) is 6. The van der Waals surface area contributed by atoms with Crippen molar-refractivity contribution in [2.24, 2.45) is 0 Å². The highest BCUT2D eigenvalue weighted by atomic mass is 32.2. The fraction of sp³-hybridized carbons (Fsp3) is 0.333. The number of nitrogens with one attached hydrogen (secondary N) is 1. The number of hydrogen-bond donors (Lipinski definition) is 2. The van der Waals surface area contributed by atoms with Gasteiger partial charge in [-0.2, -0.15) is 4.68 Å². The minimum atomic E-state index is -0.384. The Kier molecular flexibility index (Phi) is 5.75. The third-order valence-electron chi connectivity index (χ3n) is 3.21. The van der Waals surface area contributed by atoms with Crippen molar-refractivity contribution in [2.75, 3.05) is 11.6 Å². The number of carbonyl (C=O) groups excluding carboxylic acids is 1. The van der Waals surface area contributed by atoms with E-state index in [0.29, 0.717) is 18.7 Å². The summed E-state index contributed by atoms with van der Waals surface area (Å²) < 4.78 is 0.934. The lowest BCUT2D eigenvalue weighted by Crippen LogP contribution is -2.34. The van der Waals surface area contributed by atoms with Gasteiger partial charge in [-0.1, -0.05) is 48.5 Å². The maximum atomic E-state index is 11.9. The topological polar surface area (TPSA) is 103 Å². The maximum absolute atomic E-state index is 11.9. The number of nitrogens with two attached hydrogens (primary N) is 1. The summed E-state index contributed by atoms with van der Waals surface area (Å²) in [5.41, 5.74) is 2.12. The van der Waals surface area contributed by atoms with Gasteiger partial charge in [0.05, 0.1) is 5.75 Å². The summed E-state index contributed by atoms with van der Waals surface area (Å²) in [4.78, 5) is 23.7. The third-order valence-corrected chi connectivity index (χ3v) is 4.15. The van der Waals surface area contributed by atoms with Crippen molar-refractivity contribution in [3.8, 4) is 0 Å². The van der Waals surface area contributed by atoms with Crippen LogP contribution in [-0.2, 0) is 17.8 Å². The monoisotopic (exact) mass is 333 g/mol. The molecule has 0 atom stereocenters. The first kappa shape index (κ1) is 17.0. The minimum Gasteiger partial charge on any atom is -0.351 e. The van der Waals surface area contributed by atoms with Crippen molar-refractivity contribution in [1.82, 2.24) is 20.2 Å². The molecule has 0 saturated heterocycles. The number of thioether (sulfide) groups is 1. The van der Waals surface area contributed by atoms with E-state index in [4.69, 9.17) is 5.84 Å². The summed E-state index contributed by atoms with van der Waals surface area (Å²) in [6.45, 7) is 4.27. The average Bonchev–Trinajstić information content (AvgIpc) is 2.55. The highest BCUT2D eigenvalue weighted by Crippen LogP contribution is 2.11. The van der Waals surface area contributed by atoms with Crippen LogP contribution in [0.2, 0.25) is 0 Å². The molecule has 2 rings (SSSR count). The van der Waals surface area contributed by atoms with Crippen molar-refractivity contribution >= 4 is 17.7 Å². The van der Waals surface area contributed by atoms with Gasteiger partial charge in [-0.3, -0.25) is 9.59 Å². The van der Waals surface area contributed by atoms with Gasteiger partial charge in [-0.15, -0.1) is 10.2 Å². The highest BCUT2D eigenvalue weighted by molar-refractivity contribution is 7.99. The van der Waals surface area contributed by atoms with Gasteiger partial charge >= 0.3 is 0 Å². The number of aromatic nitrogens is 3. The second-order valence-electron chi connectivity index (χ2n) is 5.01. The first-order valence-electron chi connectivity index (χ1n) is 7.20. The van der Waals surface area contributed by atoms with Gasteiger partial charge in [0.1, 0.15) is 5.69 Å². The van der Waals surface area contributed by atoms with Gasteiger partial charge in [0.15, 0.2) is 0 Å². The molecule has 0 bridgehead atoms. The first-order valence-corrected chi connectivity index (χ1v) is 8.18. The second kappa shape index (κ2) is 7.77. The molecule has 8 heteroatoms. The summed E-state index contributed by atoms with van der Waals surface area (Å²) in [5, 5.41) is 10.7. The minimum absolute atomic E-state index is 0.114. The first-order chi connectivity index (χ1) is 11.0. The molecule has 23 heavy (non-hydrogen) atoms. The summed E-state index contributed by atoms with van der Waals surface area (Å²) in [6.07, 6.45) is 0.463. The van der Waals surface area contributed by atoms with Crippen molar-refractivity contribution in [3.05, 3.63) is 51.4 Å². The second-order valence-corrected chi connectivity index (χ2v) is 5.95. The van der Waals surface area contributed by atoms with Gasteiger partial charge in [0, 0.05) is 6.54 Å². The van der Waals surface area contributed by atoms with E-state index in [1.54, 1.807) is 6.92 Å². The quantitative estimate of drug-likeness (QED) is 0.594. The van der Waals surface area contributed by atoms with E-state index >= 15 is 0 Å². The summed E-state index contributed by atoms with van der Waals surface area (Å²) in [7, 11) is 0. The largest absolute Gasteiger partial charge is 0.351 e. The fourth-order valence-electron chi connectivity index (χ4n) is 1.83. The van der Waals surface area contributed by atoms with Crippen LogP contribution in [-0.4, -0.2) is 26.5 Å². The van der Waals surface area contributed by atoms with E-state index in [1.165, 1.54) is 5.56 Å². The van der Waals surface area contributed by atoms with E-state index in [1.807, 2.05) is 31.2 Å². The normalized spacial score (nSPS) is 10.5. The Labute approximate surface area is 138 Å². The molecule has 0 fully saturated rings. The van der Waals surface area contributed by atoms with Crippen molar-refractivity contribution < 1.29 is 4.79 Å². The van der Waals surface area contributed by atoms with Gasteiger partial charge in [-0.05, 0) is 18.9 Å². The molecular formula is C15H19N5O2S. The molecule has 0 unspecified atom stereocenters. The number of benzene rings is 1. The molecular weight excluding hydrogens is 314 g/mol. The molecule has 0 aliphatic heterocycles. The van der Waals surface area contributed by atoms with Crippen LogP contribution in [0.1, 0.15) is 23.7 Å². The molecule has 0 saturated carbocycles. The van der Waals surface area contributed by atoms with Crippen LogP contribution in [0.3, 0.4) is 0 Å². The van der Waals surface area contributed by atoms with Gasteiger partial charge in [0.2, 0.25) is 11.1 Å². The molecule has 0 radical (unpaired) electrons. The van der Waals surface area contributed by atoms with Crippen LogP contribution in [0.5, 0.6) is 0 Å². The van der Waals surface area contributed by atoms with Crippen molar-refractivity contribution in [1.29, 1.82) is 0 Å². The van der Waals surface area contributed by atoms with E-state index in [2.05, 4.69) is 15.5 Å². The zero-order valence-electron chi connectivity index (χ0n) is 13.1. The van der Waals surface area contributed by atoms with E-state index in [0.717, 1.165) is 22.0 Å². The third kappa shape index (κ3) is 4.56. The van der Waals surface area contributed by atoms with E-state index < -0.39 is 0 Å². The fourth-order valence-corrected chi connectivity index (χ4v) is 2.51. The zero-order chi connectivity index (χ0) is 16.8. The molecule has 3 N–H and O–H groups in total. The Bertz CT molecular complexity index is 743. The number of aryl methyl sites for hydroxylation is 2. The standard InChI is InChI=1S/C15H19N5O2S/c1-3-12-14(22)20(16)15(19-18-12)23-9-13(21)17-8-11-6-4-10(2)5-7-11/h4-7H,3,8-9,16H2,1-2H3,(H,17,21). The number of rotatable bonds is 6. The molecule has 122 valence electrons. The lowest BCUT2D eigenvalue weighted by molar-refractivity contribution is -0.118. The van der Waals surface area contributed by atoms with Gasteiger partial charge in [0.25, 0.3) is 5.56 Å². The molecule has 1 aromatic heterocycles. The smallest absolute Gasteiger partial charge is 0.294 e. The predicted molar refractivity (Wildman–Crippen MR) is 89.6 cm³/mol. The molecule has 7 nitrogen and oxygen atoms in total. The van der Waals surface area contributed by atoms with Crippen LogP contribution >= 0.6 is 11.8 Å². The van der Waals surface area contributed by atoms with Gasteiger partial charge < -0.3 is 11.2 Å². The Morgan fingerprint density at radius 2 is 2.00 bits per heavy atom. The lowest BCUT2D eigenvalue weighted by atomic mass is 10.1. The maximum Gasteiger partial charge on any atom is 0.294 e. The molecule has 0 aliphatic rings. The molecule has 1 heterocycles. The summed E-state index contributed by atoms with van der Waals surface area (Å²) in [5.74, 6) is 5.62. The molecule has 1 aromatic carbocycles. The summed E-state index contributed by atoms with van der Waals surface area (Å²) in [6, 6.07) is 7.92. The average molecular weight is 333 g/mol. The Morgan fingerprint density at radius 3 is 2.65 bits per heavy atom. The molecule has 0 spiro atoms. The van der Waals surface area contributed by atoms with Crippen LogP contribution in [0.25, 0.3) is 0 Å². The van der Waals surface area contributed by atoms with Crippen LogP contribution < -0.4 is 16.7 Å². The highest BCUT2D eigenvalue weighted by Gasteiger charge is 2.11. The van der Waals surface area contributed by atoms with Crippen molar-refractivity contribution in [2.45, 2.75) is 32.0 Å². The summed E-state index contributed by atoms with van der Waals surface area (Å²) >= 11 is 1.08. The molecule has 1 amide bonds. The zero-order valence-corrected chi connectivity index (χ0v) is 13.9. The predicted octanol–water partition coefficient (Wildman–Crippen LogP) is 0.631. The number of nitrogens with zero attached hydrogens (tertiary/aromatic N) is 3. The Balaban J connectivity index is 1.88. The van der Waals surface area contributed by atoms with Gasteiger partial charge in [-0.25, -0.2) is 0 Å². The Hall–Kier alpha value is -2.35. The SMILES string of the molecule is CCc1nnc(SCC(=O)NCc2ccc(C)cc2)n(N)c1=O. The molecule has 2 aromatic rings. The molecule has 0 aliphatic carbocycles. The number of nitrogen functional groups attached to an aromatic ring is 1. The van der Waals surface area contributed by atoms with E-state index in [9.17, 15) is 9.59 Å². The lowest BCUT2D eigenvalue weighted by Gasteiger charge is -2.07.